The number of pyridine rings is 1. The SMILES string of the molecule is CCNC(=O)N1CCCC1c1nc(-c2ccc(F)cc2)c2ccccn12. The van der Waals surface area contributed by atoms with Gasteiger partial charge in [0.2, 0.25) is 0 Å². The minimum Gasteiger partial charge on any atom is -0.338 e. The second-order valence-electron chi connectivity index (χ2n) is 6.47. The number of likely N-dealkylation sites (tertiary alicyclic amines) is 1. The first kappa shape index (κ1) is 16.6. The molecule has 6 heteroatoms. The molecule has 0 radical (unpaired) electrons. The van der Waals surface area contributed by atoms with Gasteiger partial charge >= 0.3 is 6.03 Å². The van der Waals surface area contributed by atoms with Crippen LogP contribution >= 0.6 is 0 Å². The van der Waals surface area contributed by atoms with Crippen LogP contribution in [0.25, 0.3) is 16.8 Å². The first-order chi connectivity index (χ1) is 12.7. The fourth-order valence-electron chi connectivity index (χ4n) is 3.65. The number of aromatic nitrogens is 2. The van der Waals surface area contributed by atoms with Gasteiger partial charge in [0.25, 0.3) is 0 Å². The van der Waals surface area contributed by atoms with Crippen LogP contribution < -0.4 is 5.32 Å². The van der Waals surface area contributed by atoms with Crippen molar-refractivity contribution in [2.75, 3.05) is 13.1 Å². The van der Waals surface area contributed by atoms with Crippen LogP contribution in [0.2, 0.25) is 0 Å². The molecule has 1 saturated heterocycles. The summed E-state index contributed by atoms with van der Waals surface area (Å²) in [4.78, 5) is 19.2. The summed E-state index contributed by atoms with van der Waals surface area (Å²) in [6.45, 7) is 3.25. The summed E-state index contributed by atoms with van der Waals surface area (Å²) in [5.41, 5.74) is 2.63. The van der Waals surface area contributed by atoms with Gasteiger partial charge in [-0.2, -0.15) is 0 Å². The van der Waals surface area contributed by atoms with E-state index in [4.69, 9.17) is 4.98 Å². The van der Waals surface area contributed by atoms with E-state index >= 15 is 0 Å². The molecule has 0 spiro atoms. The van der Waals surface area contributed by atoms with Gasteiger partial charge in [-0.1, -0.05) is 6.07 Å². The van der Waals surface area contributed by atoms with E-state index in [9.17, 15) is 9.18 Å². The molecule has 2 amide bonds. The van der Waals surface area contributed by atoms with Crippen molar-refractivity contribution < 1.29 is 9.18 Å². The Morgan fingerprint density at radius 2 is 2.08 bits per heavy atom. The number of carbonyl (C=O) groups excluding carboxylic acids is 1. The molecule has 4 rings (SSSR count). The van der Waals surface area contributed by atoms with E-state index in [1.54, 1.807) is 12.1 Å². The number of rotatable bonds is 3. The van der Waals surface area contributed by atoms with Crippen molar-refractivity contribution in [3.8, 4) is 11.3 Å². The van der Waals surface area contributed by atoms with Crippen molar-refractivity contribution in [2.45, 2.75) is 25.8 Å². The smallest absolute Gasteiger partial charge is 0.318 e. The van der Waals surface area contributed by atoms with E-state index in [2.05, 4.69) is 5.32 Å². The van der Waals surface area contributed by atoms with Crippen molar-refractivity contribution in [3.05, 3.63) is 60.3 Å². The lowest BCUT2D eigenvalue weighted by atomic mass is 10.1. The van der Waals surface area contributed by atoms with E-state index in [0.717, 1.165) is 42.0 Å². The average Bonchev–Trinajstić information content (AvgIpc) is 3.27. The van der Waals surface area contributed by atoms with Gasteiger partial charge in [0.1, 0.15) is 11.6 Å². The Hall–Kier alpha value is -2.89. The van der Waals surface area contributed by atoms with Crippen LogP contribution in [0.3, 0.4) is 0 Å². The molecule has 1 fully saturated rings. The molecule has 3 heterocycles. The Balaban J connectivity index is 1.81. The number of benzene rings is 1. The van der Waals surface area contributed by atoms with Gasteiger partial charge in [-0.05, 0) is 56.2 Å². The number of nitrogens with zero attached hydrogens (tertiary/aromatic N) is 3. The normalized spacial score (nSPS) is 17.0. The van der Waals surface area contributed by atoms with Gasteiger partial charge in [0, 0.05) is 24.8 Å². The zero-order valence-electron chi connectivity index (χ0n) is 14.7. The van der Waals surface area contributed by atoms with Gasteiger partial charge < -0.3 is 14.6 Å². The van der Waals surface area contributed by atoms with E-state index in [-0.39, 0.29) is 17.9 Å². The fourth-order valence-corrected chi connectivity index (χ4v) is 3.65. The number of carbonyl (C=O) groups is 1. The van der Waals surface area contributed by atoms with Crippen LogP contribution in [0, 0.1) is 5.82 Å². The maximum absolute atomic E-state index is 13.3. The van der Waals surface area contributed by atoms with E-state index in [1.807, 2.05) is 40.6 Å². The zero-order valence-corrected chi connectivity index (χ0v) is 14.7. The third kappa shape index (κ3) is 2.81. The number of hydrogen-bond donors (Lipinski definition) is 1. The Kier molecular flexibility index (Phi) is 4.32. The Morgan fingerprint density at radius 3 is 2.85 bits per heavy atom. The summed E-state index contributed by atoms with van der Waals surface area (Å²) in [6.07, 6.45) is 3.81. The molecular formula is C20H21FN4O. The van der Waals surface area contributed by atoms with Crippen LogP contribution in [-0.4, -0.2) is 33.4 Å². The third-order valence-corrected chi connectivity index (χ3v) is 4.83. The summed E-state index contributed by atoms with van der Waals surface area (Å²) >= 11 is 0. The summed E-state index contributed by atoms with van der Waals surface area (Å²) in [5.74, 6) is 0.583. The van der Waals surface area contributed by atoms with E-state index in [0.29, 0.717) is 6.54 Å². The number of imidazole rings is 1. The van der Waals surface area contributed by atoms with Gasteiger partial charge in [0.05, 0.1) is 17.3 Å². The lowest BCUT2D eigenvalue weighted by Gasteiger charge is -2.23. The lowest BCUT2D eigenvalue weighted by Crippen LogP contribution is -2.39. The molecule has 0 saturated carbocycles. The monoisotopic (exact) mass is 352 g/mol. The number of halogens is 1. The number of hydrogen-bond acceptors (Lipinski definition) is 2. The molecule has 1 aliphatic heterocycles. The first-order valence-electron chi connectivity index (χ1n) is 8.96. The first-order valence-corrected chi connectivity index (χ1v) is 8.96. The van der Waals surface area contributed by atoms with Gasteiger partial charge in [-0.15, -0.1) is 0 Å². The quantitative estimate of drug-likeness (QED) is 0.774. The van der Waals surface area contributed by atoms with Gasteiger partial charge in [0.15, 0.2) is 0 Å². The fraction of sp³-hybridized carbons (Fsp3) is 0.300. The highest BCUT2D eigenvalue weighted by molar-refractivity contribution is 5.78. The largest absolute Gasteiger partial charge is 0.338 e. The second kappa shape index (κ2) is 6.78. The molecule has 1 unspecified atom stereocenters. The maximum atomic E-state index is 13.3. The maximum Gasteiger partial charge on any atom is 0.318 e. The molecule has 1 atom stereocenters. The van der Waals surface area contributed by atoms with Crippen molar-refractivity contribution in [2.24, 2.45) is 0 Å². The summed E-state index contributed by atoms with van der Waals surface area (Å²) in [6, 6.07) is 12.2. The highest BCUT2D eigenvalue weighted by atomic mass is 19.1. The Bertz CT molecular complexity index is 935. The number of urea groups is 1. The Labute approximate surface area is 151 Å². The predicted octanol–water partition coefficient (Wildman–Crippen LogP) is 4.01. The molecule has 3 aromatic rings. The lowest BCUT2D eigenvalue weighted by molar-refractivity contribution is 0.191. The van der Waals surface area contributed by atoms with Crippen molar-refractivity contribution in [1.29, 1.82) is 0 Å². The van der Waals surface area contributed by atoms with E-state index in [1.165, 1.54) is 12.1 Å². The average molecular weight is 352 g/mol. The zero-order chi connectivity index (χ0) is 18.1. The highest BCUT2D eigenvalue weighted by Crippen LogP contribution is 2.35. The molecule has 2 aromatic heterocycles. The van der Waals surface area contributed by atoms with Crippen molar-refractivity contribution >= 4 is 11.5 Å². The van der Waals surface area contributed by atoms with Gasteiger partial charge in [-0.3, -0.25) is 0 Å². The molecule has 1 aliphatic rings. The number of nitrogens with one attached hydrogen (secondary N) is 1. The third-order valence-electron chi connectivity index (χ3n) is 4.83. The van der Waals surface area contributed by atoms with Gasteiger partial charge in [-0.25, -0.2) is 14.2 Å². The number of fused-ring (bicyclic) bond motifs is 1. The summed E-state index contributed by atoms with van der Waals surface area (Å²) in [5, 5.41) is 2.89. The summed E-state index contributed by atoms with van der Waals surface area (Å²) in [7, 11) is 0. The van der Waals surface area contributed by atoms with Crippen LogP contribution in [0.1, 0.15) is 31.6 Å². The molecule has 0 bridgehead atoms. The molecular weight excluding hydrogens is 331 g/mol. The summed E-state index contributed by atoms with van der Waals surface area (Å²) < 4.78 is 15.3. The molecule has 5 nitrogen and oxygen atoms in total. The van der Waals surface area contributed by atoms with E-state index < -0.39 is 0 Å². The minimum absolute atomic E-state index is 0.0500. The van der Waals surface area contributed by atoms with Crippen LogP contribution in [0.5, 0.6) is 0 Å². The molecule has 134 valence electrons. The Morgan fingerprint density at radius 1 is 1.27 bits per heavy atom. The van der Waals surface area contributed by atoms with Crippen LogP contribution in [-0.2, 0) is 0 Å². The molecule has 1 N–H and O–H groups in total. The van der Waals surface area contributed by atoms with Crippen LogP contribution in [0.15, 0.2) is 48.7 Å². The standard InChI is InChI=1S/C20H21FN4O/c1-2-22-20(26)25-13-5-7-17(25)19-23-18(14-8-10-15(21)11-9-14)16-6-3-4-12-24(16)19/h3-4,6,8-12,17H,2,5,7,13H2,1H3,(H,22,26). The number of amides is 2. The second-order valence-corrected chi connectivity index (χ2v) is 6.47. The minimum atomic E-state index is -0.268. The van der Waals surface area contributed by atoms with Crippen molar-refractivity contribution in [3.63, 3.8) is 0 Å². The van der Waals surface area contributed by atoms with Crippen molar-refractivity contribution in [1.82, 2.24) is 19.6 Å². The molecule has 0 aliphatic carbocycles. The van der Waals surface area contributed by atoms with Crippen LogP contribution in [0.4, 0.5) is 9.18 Å². The molecule has 26 heavy (non-hydrogen) atoms. The highest BCUT2D eigenvalue weighted by Gasteiger charge is 2.33. The topological polar surface area (TPSA) is 49.6 Å². The molecule has 1 aromatic carbocycles. The predicted molar refractivity (Wildman–Crippen MR) is 98.3 cm³/mol.